The highest BCUT2D eigenvalue weighted by atomic mass is 16.5. The Labute approximate surface area is 254 Å². The summed E-state index contributed by atoms with van der Waals surface area (Å²) >= 11 is 0. The smallest absolute Gasteiger partial charge is 0.335 e. The quantitative estimate of drug-likeness (QED) is 0.243. The van der Waals surface area contributed by atoms with E-state index in [9.17, 15) is 20.0 Å². The van der Waals surface area contributed by atoms with Gasteiger partial charge in [0.1, 0.15) is 35.0 Å². The zero-order chi connectivity index (χ0) is 31.0. The molecule has 1 amide bonds. The van der Waals surface area contributed by atoms with E-state index in [-0.39, 0.29) is 48.2 Å². The fourth-order valence-corrected chi connectivity index (χ4v) is 5.91. The fraction of sp³-hybridized carbons (Fsp3) is 0.344. The van der Waals surface area contributed by atoms with Crippen LogP contribution in [0.3, 0.4) is 0 Å². The first-order chi connectivity index (χ1) is 21.2. The first-order valence-corrected chi connectivity index (χ1v) is 14.6. The number of amides is 1. The zero-order valence-electron chi connectivity index (χ0n) is 24.6. The number of para-hydroxylation sites is 1. The molecule has 2 aromatic carbocycles. The summed E-state index contributed by atoms with van der Waals surface area (Å²) in [6.45, 7) is 5.77. The van der Waals surface area contributed by atoms with Gasteiger partial charge in [-0.2, -0.15) is 5.26 Å². The van der Waals surface area contributed by atoms with Gasteiger partial charge in [0.15, 0.2) is 11.5 Å². The average Bonchev–Trinajstić information content (AvgIpc) is 3.29. The molecule has 12 heteroatoms. The number of piperidine rings is 1. The second-order valence-corrected chi connectivity index (χ2v) is 11.7. The molecule has 0 atom stereocenters. The van der Waals surface area contributed by atoms with Gasteiger partial charge in [-0.15, -0.1) is 0 Å². The van der Waals surface area contributed by atoms with E-state index in [0.29, 0.717) is 54.3 Å². The van der Waals surface area contributed by atoms with E-state index in [0.717, 1.165) is 0 Å². The van der Waals surface area contributed by atoms with Gasteiger partial charge in [-0.3, -0.25) is 18.8 Å². The van der Waals surface area contributed by atoms with Crippen LogP contribution in [0.1, 0.15) is 32.7 Å². The van der Waals surface area contributed by atoms with E-state index in [2.05, 4.69) is 20.9 Å². The number of aromatic nitrogens is 4. The number of carbonyl (C=O) groups excluding carboxylic acids is 1. The Balaban J connectivity index is 1.23. The number of anilines is 1. The van der Waals surface area contributed by atoms with Crippen LogP contribution in [0.2, 0.25) is 0 Å². The van der Waals surface area contributed by atoms with Crippen LogP contribution in [-0.4, -0.2) is 77.7 Å². The summed E-state index contributed by atoms with van der Waals surface area (Å²) in [7, 11) is 0. The van der Waals surface area contributed by atoms with Crippen molar-refractivity contribution < 1.29 is 14.6 Å². The Morgan fingerprint density at radius 3 is 2.39 bits per heavy atom. The number of ether oxygens (including phenoxy) is 1. The van der Waals surface area contributed by atoms with E-state index < -0.39 is 5.54 Å². The van der Waals surface area contributed by atoms with Crippen LogP contribution in [-0.2, 0) is 4.79 Å². The number of hydrogen-bond acceptors (Lipinski definition) is 9. The van der Waals surface area contributed by atoms with Gasteiger partial charge < -0.3 is 20.5 Å². The predicted octanol–water partition coefficient (Wildman–Crippen LogP) is 3.03. The van der Waals surface area contributed by atoms with Crippen LogP contribution in [0.5, 0.6) is 11.5 Å². The Kier molecular flexibility index (Phi) is 7.67. The normalized spacial score (nSPS) is 17.0. The number of nitriles is 1. The SMILES string of the molecule is CC(C)(C=C(C#N)C(=O)N1CC(n2c(=O)n(-c3ccc(Oc4ccccc4)cc3)c3c(N)ncnc32)C1)N1CCC(O)CC1. The molecule has 3 N–H and O–H groups in total. The second kappa shape index (κ2) is 11.6. The molecule has 12 nitrogen and oxygen atoms in total. The molecule has 2 aliphatic rings. The molecule has 4 aromatic rings. The number of nitrogens with zero attached hydrogens (tertiary/aromatic N) is 7. The van der Waals surface area contributed by atoms with Crippen molar-refractivity contribution >= 4 is 22.9 Å². The summed E-state index contributed by atoms with van der Waals surface area (Å²) in [4.78, 5) is 39.5. The molecule has 0 aliphatic carbocycles. The molecule has 0 bridgehead atoms. The van der Waals surface area contributed by atoms with Gasteiger partial charge in [0.2, 0.25) is 0 Å². The first kappa shape index (κ1) is 29.1. The second-order valence-electron chi connectivity index (χ2n) is 11.7. The highest BCUT2D eigenvalue weighted by Gasteiger charge is 2.38. The minimum absolute atomic E-state index is 0.0544. The van der Waals surface area contributed by atoms with E-state index in [1.165, 1.54) is 10.9 Å². The monoisotopic (exact) mass is 594 g/mol. The number of nitrogens with two attached hydrogens (primary N) is 1. The van der Waals surface area contributed by atoms with Crippen LogP contribution in [0.15, 0.2) is 77.4 Å². The molecule has 0 radical (unpaired) electrons. The van der Waals surface area contributed by atoms with Crippen molar-refractivity contribution in [3.8, 4) is 23.3 Å². The lowest BCUT2D eigenvalue weighted by Gasteiger charge is -2.41. The summed E-state index contributed by atoms with van der Waals surface area (Å²) in [5, 5.41) is 19.7. The standard InChI is InChI=1S/C32H34N8O4/c1-32(2,38-14-12-24(41)13-15-38)16-21(17-33)30(42)37-18-23(19-37)40-29-27(28(34)35-20-36-29)39(31(40)43)22-8-10-26(11-9-22)44-25-6-4-3-5-7-25/h3-11,16,20,23-24,41H,12-15,18-19H2,1-2H3,(H2,34,35,36). The number of nitrogen functional groups attached to an aromatic ring is 1. The van der Waals surface area contributed by atoms with Crippen molar-refractivity contribution in [2.45, 2.75) is 44.4 Å². The third kappa shape index (κ3) is 5.43. The van der Waals surface area contributed by atoms with Gasteiger partial charge in [-0.05, 0) is 69.2 Å². The molecule has 2 aromatic heterocycles. The predicted molar refractivity (Wildman–Crippen MR) is 164 cm³/mol. The summed E-state index contributed by atoms with van der Waals surface area (Å²) in [6.07, 6.45) is 4.02. The molecule has 0 spiro atoms. The number of aliphatic hydroxyl groups excluding tert-OH is 1. The molecule has 4 heterocycles. The van der Waals surface area contributed by atoms with Gasteiger partial charge in [0, 0.05) is 31.7 Å². The number of imidazole rings is 1. The Hall–Kier alpha value is -4.99. The van der Waals surface area contributed by atoms with E-state index in [1.807, 2.05) is 44.2 Å². The number of benzene rings is 2. The largest absolute Gasteiger partial charge is 0.457 e. The number of aliphatic hydroxyl groups is 1. The van der Waals surface area contributed by atoms with Crippen molar-refractivity contribution in [3.63, 3.8) is 0 Å². The van der Waals surface area contributed by atoms with Crippen LogP contribution < -0.4 is 16.2 Å². The maximum atomic E-state index is 13.9. The fourth-order valence-electron chi connectivity index (χ4n) is 5.91. The topological polar surface area (TPSA) is 156 Å². The summed E-state index contributed by atoms with van der Waals surface area (Å²) < 4.78 is 8.91. The number of hydrogen-bond donors (Lipinski definition) is 2. The zero-order valence-corrected chi connectivity index (χ0v) is 24.6. The van der Waals surface area contributed by atoms with Crippen LogP contribution in [0.4, 0.5) is 5.82 Å². The van der Waals surface area contributed by atoms with Gasteiger partial charge in [0.25, 0.3) is 5.91 Å². The number of likely N-dealkylation sites (tertiary alicyclic amines) is 2. The lowest BCUT2D eigenvalue weighted by Crippen LogP contribution is -2.53. The number of rotatable bonds is 7. The first-order valence-electron chi connectivity index (χ1n) is 14.6. The minimum Gasteiger partial charge on any atom is -0.457 e. The average molecular weight is 595 g/mol. The lowest BCUT2D eigenvalue weighted by atomic mass is 9.94. The van der Waals surface area contributed by atoms with Crippen molar-refractivity contribution in [3.05, 3.63) is 83.1 Å². The molecule has 2 aliphatic heterocycles. The third-order valence-corrected chi connectivity index (χ3v) is 8.40. The maximum absolute atomic E-state index is 13.9. The Morgan fingerprint density at radius 1 is 1.07 bits per heavy atom. The van der Waals surface area contributed by atoms with Gasteiger partial charge in [0.05, 0.1) is 17.8 Å². The summed E-state index contributed by atoms with van der Waals surface area (Å²) in [5.41, 5.74) is 6.73. The summed E-state index contributed by atoms with van der Waals surface area (Å²) in [6, 6.07) is 18.2. The van der Waals surface area contributed by atoms with Crippen LogP contribution >= 0.6 is 0 Å². The van der Waals surface area contributed by atoms with Crippen LogP contribution in [0, 0.1) is 11.3 Å². The number of fused-ring (bicyclic) bond motifs is 1. The molecule has 2 saturated heterocycles. The minimum atomic E-state index is -0.536. The molecule has 2 fully saturated rings. The molecule has 6 rings (SSSR count). The molecule has 44 heavy (non-hydrogen) atoms. The van der Waals surface area contributed by atoms with Crippen LogP contribution in [0.25, 0.3) is 16.9 Å². The van der Waals surface area contributed by atoms with Crippen molar-refractivity contribution in [1.82, 2.24) is 28.9 Å². The third-order valence-electron chi connectivity index (χ3n) is 8.40. The highest BCUT2D eigenvalue weighted by molar-refractivity contribution is 5.98. The van der Waals surface area contributed by atoms with Gasteiger partial charge in [-0.1, -0.05) is 18.2 Å². The van der Waals surface area contributed by atoms with E-state index >= 15 is 0 Å². The van der Waals surface area contributed by atoms with E-state index in [4.69, 9.17) is 10.5 Å². The number of carbonyl (C=O) groups is 1. The Morgan fingerprint density at radius 2 is 1.73 bits per heavy atom. The lowest BCUT2D eigenvalue weighted by molar-refractivity contribution is -0.132. The maximum Gasteiger partial charge on any atom is 0.335 e. The van der Waals surface area contributed by atoms with Crippen molar-refractivity contribution in [2.24, 2.45) is 0 Å². The highest BCUT2D eigenvalue weighted by Crippen LogP contribution is 2.30. The van der Waals surface area contributed by atoms with Gasteiger partial charge in [-0.25, -0.2) is 14.8 Å². The van der Waals surface area contributed by atoms with Crippen molar-refractivity contribution in [1.29, 1.82) is 5.26 Å². The molecule has 0 unspecified atom stereocenters. The Bertz CT molecular complexity index is 1810. The van der Waals surface area contributed by atoms with Gasteiger partial charge >= 0.3 is 5.69 Å². The molecule has 0 saturated carbocycles. The molecule has 226 valence electrons. The van der Waals surface area contributed by atoms with E-state index in [1.54, 1.807) is 39.8 Å². The summed E-state index contributed by atoms with van der Waals surface area (Å²) in [5.74, 6) is 1.08. The molecular weight excluding hydrogens is 560 g/mol. The van der Waals surface area contributed by atoms with Crippen molar-refractivity contribution in [2.75, 3.05) is 31.9 Å². The molecular formula is C32H34N8O4.